The minimum Gasteiger partial charge on any atom is -0.455 e. The summed E-state index contributed by atoms with van der Waals surface area (Å²) in [6.07, 6.45) is 0.914. The van der Waals surface area contributed by atoms with E-state index in [1.165, 1.54) is 6.07 Å². The zero-order valence-corrected chi connectivity index (χ0v) is 17.8. The van der Waals surface area contributed by atoms with Crippen LogP contribution in [-0.4, -0.2) is 54.8 Å². The second kappa shape index (κ2) is 10.3. The molecule has 0 bridgehead atoms. The summed E-state index contributed by atoms with van der Waals surface area (Å²) in [5, 5.41) is 4.58. The number of nitrogens with one attached hydrogen (secondary N) is 2. The molecule has 10 heteroatoms. The van der Waals surface area contributed by atoms with E-state index in [9.17, 15) is 28.0 Å². The van der Waals surface area contributed by atoms with Crippen LogP contribution in [0.2, 0.25) is 0 Å². The van der Waals surface area contributed by atoms with Crippen LogP contribution in [0.1, 0.15) is 33.6 Å². The molecule has 0 atom stereocenters. The number of piperidine rings is 1. The number of benzene rings is 1. The third-order valence-corrected chi connectivity index (χ3v) is 4.75. The van der Waals surface area contributed by atoms with Gasteiger partial charge in [0.15, 0.2) is 18.2 Å². The smallest absolute Gasteiger partial charge is 0.309 e. The molecule has 0 aromatic heterocycles. The lowest BCUT2D eigenvalue weighted by molar-refractivity contribution is -0.155. The van der Waals surface area contributed by atoms with Gasteiger partial charge in [0, 0.05) is 30.3 Å². The van der Waals surface area contributed by atoms with Gasteiger partial charge in [-0.15, -0.1) is 0 Å². The normalized spacial score (nSPS) is 14.7. The van der Waals surface area contributed by atoms with Crippen molar-refractivity contribution in [1.82, 2.24) is 10.2 Å². The van der Waals surface area contributed by atoms with Crippen molar-refractivity contribution >= 4 is 29.4 Å². The Morgan fingerprint density at radius 2 is 1.71 bits per heavy atom. The van der Waals surface area contributed by atoms with Gasteiger partial charge >= 0.3 is 5.97 Å². The van der Waals surface area contributed by atoms with Crippen molar-refractivity contribution in [2.45, 2.75) is 33.6 Å². The van der Waals surface area contributed by atoms with Gasteiger partial charge in [0.2, 0.25) is 11.8 Å². The van der Waals surface area contributed by atoms with Gasteiger partial charge in [-0.1, -0.05) is 20.8 Å². The predicted molar refractivity (Wildman–Crippen MR) is 108 cm³/mol. The molecule has 0 aliphatic carbocycles. The Morgan fingerprint density at radius 1 is 1.06 bits per heavy atom. The van der Waals surface area contributed by atoms with Gasteiger partial charge in [0.1, 0.15) is 0 Å². The Morgan fingerprint density at radius 3 is 2.29 bits per heavy atom. The zero-order chi connectivity index (χ0) is 23.2. The van der Waals surface area contributed by atoms with Crippen molar-refractivity contribution in [3.8, 4) is 0 Å². The van der Waals surface area contributed by atoms with Crippen molar-refractivity contribution in [1.29, 1.82) is 0 Å². The van der Waals surface area contributed by atoms with E-state index < -0.39 is 53.9 Å². The fraction of sp³-hybridized carbons (Fsp3) is 0.524. The van der Waals surface area contributed by atoms with E-state index >= 15 is 0 Å². The predicted octanol–water partition coefficient (Wildman–Crippen LogP) is 1.85. The number of nitrogens with zero attached hydrogens (tertiary/aromatic N) is 1. The van der Waals surface area contributed by atoms with Gasteiger partial charge in [0.05, 0.1) is 12.5 Å². The van der Waals surface area contributed by atoms with Gasteiger partial charge in [-0.25, -0.2) is 8.78 Å². The highest BCUT2D eigenvalue weighted by molar-refractivity contribution is 5.94. The summed E-state index contributed by atoms with van der Waals surface area (Å²) in [6.45, 7) is 5.45. The van der Waals surface area contributed by atoms with Crippen molar-refractivity contribution in [2.75, 3.05) is 31.6 Å². The first-order chi connectivity index (χ1) is 14.5. The lowest BCUT2D eigenvalue weighted by Crippen LogP contribution is -2.45. The molecule has 3 amide bonds. The number of carbonyl (C=O) groups excluding carboxylic acids is 4. The van der Waals surface area contributed by atoms with E-state index in [1.54, 1.807) is 4.90 Å². The first kappa shape index (κ1) is 24.2. The summed E-state index contributed by atoms with van der Waals surface area (Å²) in [5.74, 6) is -4.37. The Kier molecular flexibility index (Phi) is 8.07. The standard InChI is InChI=1S/C21H27F2N3O5/c1-21(2,3)20(30)26-8-6-13(7-9-26)19(29)31-12-18(28)24-11-17(27)25-14-4-5-15(22)16(23)10-14/h4-5,10,13H,6-9,11-12H2,1-3H3,(H,24,28)(H,25,27). The van der Waals surface area contributed by atoms with E-state index in [2.05, 4.69) is 10.6 Å². The van der Waals surface area contributed by atoms with Crippen LogP contribution >= 0.6 is 0 Å². The number of anilines is 1. The van der Waals surface area contributed by atoms with Crippen LogP contribution in [-0.2, 0) is 23.9 Å². The van der Waals surface area contributed by atoms with Crippen LogP contribution in [0.3, 0.4) is 0 Å². The Balaban J connectivity index is 1.68. The van der Waals surface area contributed by atoms with E-state index in [0.717, 1.165) is 12.1 Å². The van der Waals surface area contributed by atoms with E-state index in [-0.39, 0.29) is 11.6 Å². The van der Waals surface area contributed by atoms with Crippen LogP contribution in [0.25, 0.3) is 0 Å². The summed E-state index contributed by atoms with van der Waals surface area (Å²) in [5.41, 5.74) is -0.441. The highest BCUT2D eigenvalue weighted by Crippen LogP contribution is 2.24. The average Bonchev–Trinajstić information content (AvgIpc) is 2.72. The molecule has 1 saturated heterocycles. The molecule has 1 aliphatic rings. The number of likely N-dealkylation sites (tertiary alicyclic amines) is 1. The second-order valence-corrected chi connectivity index (χ2v) is 8.38. The molecule has 0 spiro atoms. The molecule has 0 unspecified atom stereocenters. The first-order valence-corrected chi connectivity index (χ1v) is 9.95. The van der Waals surface area contributed by atoms with Gasteiger partial charge in [-0.3, -0.25) is 19.2 Å². The summed E-state index contributed by atoms with van der Waals surface area (Å²) in [4.78, 5) is 49.7. The number of carbonyl (C=O) groups is 4. The maximum Gasteiger partial charge on any atom is 0.309 e. The number of amides is 3. The van der Waals surface area contributed by atoms with Crippen LogP contribution in [0.4, 0.5) is 14.5 Å². The van der Waals surface area contributed by atoms with Crippen molar-refractivity contribution < 1.29 is 32.7 Å². The molecule has 1 aliphatic heterocycles. The molecular formula is C21H27F2N3O5. The molecule has 1 heterocycles. The minimum absolute atomic E-state index is 0.0281. The van der Waals surface area contributed by atoms with Crippen LogP contribution in [0.5, 0.6) is 0 Å². The number of ether oxygens (including phenoxy) is 1. The number of hydrogen-bond acceptors (Lipinski definition) is 5. The molecule has 170 valence electrons. The largest absolute Gasteiger partial charge is 0.455 e. The summed E-state index contributed by atoms with van der Waals surface area (Å²) >= 11 is 0. The highest BCUT2D eigenvalue weighted by atomic mass is 19.2. The van der Waals surface area contributed by atoms with E-state index in [1.807, 2.05) is 20.8 Å². The summed E-state index contributed by atoms with van der Waals surface area (Å²) in [6, 6.07) is 2.87. The zero-order valence-electron chi connectivity index (χ0n) is 17.8. The average molecular weight is 439 g/mol. The van der Waals surface area contributed by atoms with Crippen molar-refractivity contribution in [3.05, 3.63) is 29.8 Å². The molecule has 8 nitrogen and oxygen atoms in total. The monoisotopic (exact) mass is 439 g/mol. The van der Waals surface area contributed by atoms with E-state index in [0.29, 0.717) is 25.9 Å². The molecule has 0 radical (unpaired) electrons. The van der Waals surface area contributed by atoms with Crippen molar-refractivity contribution in [2.24, 2.45) is 11.3 Å². The van der Waals surface area contributed by atoms with Gasteiger partial charge in [-0.05, 0) is 25.0 Å². The van der Waals surface area contributed by atoms with Crippen LogP contribution in [0.15, 0.2) is 18.2 Å². The van der Waals surface area contributed by atoms with Gasteiger partial charge in [0.25, 0.3) is 5.91 Å². The molecule has 2 N–H and O–H groups in total. The Hall–Kier alpha value is -3.04. The molecule has 31 heavy (non-hydrogen) atoms. The number of esters is 1. The molecule has 1 aromatic rings. The Bertz CT molecular complexity index is 846. The van der Waals surface area contributed by atoms with Gasteiger partial charge < -0.3 is 20.3 Å². The molecular weight excluding hydrogens is 412 g/mol. The number of halogens is 2. The summed E-state index contributed by atoms with van der Waals surface area (Å²) in [7, 11) is 0. The maximum absolute atomic E-state index is 13.1. The van der Waals surface area contributed by atoms with Gasteiger partial charge in [-0.2, -0.15) is 0 Å². The molecule has 1 aromatic carbocycles. The number of rotatable bonds is 6. The lowest BCUT2D eigenvalue weighted by atomic mass is 9.91. The lowest BCUT2D eigenvalue weighted by Gasteiger charge is -2.34. The van der Waals surface area contributed by atoms with Crippen LogP contribution < -0.4 is 10.6 Å². The topological polar surface area (TPSA) is 105 Å². The van der Waals surface area contributed by atoms with Crippen LogP contribution in [0, 0.1) is 23.0 Å². The third-order valence-electron chi connectivity index (χ3n) is 4.75. The fourth-order valence-corrected chi connectivity index (χ4v) is 3.06. The second-order valence-electron chi connectivity index (χ2n) is 8.38. The fourth-order valence-electron chi connectivity index (χ4n) is 3.06. The van der Waals surface area contributed by atoms with Crippen molar-refractivity contribution in [3.63, 3.8) is 0 Å². The summed E-state index contributed by atoms with van der Waals surface area (Å²) < 4.78 is 31.0. The first-order valence-electron chi connectivity index (χ1n) is 9.95. The quantitative estimate of drug-likeness (QED) is 0.659. The molecule has 1 fully saturated rings. The molecule has 0 saturated carbocycles. The third kappa shape index (κ3) is 7.30. The minimum atomic E-state index is -1.11. The number of hydrogen-bond donors (Lipinski definition) is 2. The highest BCUT2D eigenvalue weighted by Gasteiger charge is 2.33. The maximum atomic E-state index is 13.1. The molecule has 2 rings (SSSR count). The SMILES string of the molecule is CC(C)(C)C(=O)N1CCC(C(=O)OCC(=O)NCC(=O)Nc2ccc(F)c(F)c2)CC1. The Labute approximate surface area is 179 Å². The van der Waals surface area contributed by atoms with E-state index in [4.69, 9.17) is 4.74 Å².